The average molecular weight is 509 g/mol. The highest BCUT2D eigenvalue weighted by molar-refractivity contribution is 14.0. The van der Waals surface area contributed by atoms with Gasteiger partial charge in [-0.3, -0.25) is 0 Å². The molecule has 2 unspecified atom stereocenters. The van der Waals surface area contributed by atoms with Crippen LogP contribution in [0, 0.1) is 5.92 Å². The highest BCUT2D eigenvalue weighted by Gasteiger charge is 2.29. The molecule has 7 heteroatoms. The molecule has 4 rings (SSSR count). The Labute approximate surface area is 189 Å². The van der Waals surface area contributed by atoms with Crippen LogP contribution in [-0.2, 0) is 11.3 Å². The number of aliphatic imine (C=N–C) groups is 1. The van der Waals surface area contributed by atoms with Crippen molar-refractivity contribution in [2.24, 2.45) is 10.9 Å². The number of rotatable bonds is 6. The molecule has 2 aromatic carbocycles. The average Bonchev–Trinajstić information content (AvgIpc) is 3.39. The quantitative estimate of drug-likeness (QED) is 0.352. The first-order valence-electron chi connectivity index (χ1n) is 9.90. The number of hydrogen-bond donors (Lipinski definition) is 2. The smallest absolute Gasteiger partial charge is 0.231 e. The highest BCUT2D eigenvalue weighted by atomic mass is 127. The third kappa shape index (κ3) is 5.54. The number of fused-ring (bicyclic) bond motifs is 1. The molecule has 2 aliphatic heterocycles. The van der Waals surface area contributed by atoms with Crippen molar-refractivity contribution in [1.29, 1.82) is 0 Å². The van der Waals surface area contributed by atoms with E-state index in [1.54, 1.807) is 0 Å². The van der Waals surface area contributed by atoms with Crippen LogP contribution in [0.25, 0.3) is 0 Å². The lowest BCUT2D eigenvalue weighted by molar-refractivity contribution is 0.0915. The Hall–Kier alpha value is -2.00. The largest absolute Gasteiger partial charge is 0.454 e. The van der Waals surface area contributed by atoms with E-state index in [9.17, 15) is 0 Å². The van der Waals surface area contributed by atoms with Gasteiger partial charge in [0.05, 0.1) is 12.6 Å². The van der Waals surface area contributed by atoms with Gasteiger partial charge in [0.15, 0.2) is 17.5 Å². The molecule has 0 spiro atoms. The summed E-state index contributed by atoms with van der Waals surface area (Å²) in [5.41, 5.74) is 2.34. The minimum atomic E-state index is 0. The molecule has 2 aliphatic rings. The molecule has 2 N–H and O–H groups in total. The van der Waals surface area contributed by atoms with Crippen LogP contribution in [0.2, 0.25) is 0 Å². The van der Waals surface area contributed by atoms with Crippen molar-refractivity contribution in [3.63, 3.8) is 0 Å². The number of ether oxygens (including phenoxy) is 3. The van der Waals surface area contributed by atoms with E-state index in [1.165, 1.54) is 5.56 Å². The molecule has 0 bridgehead atoms. The molecule has 29 heavy (non-hydrogen) atoms. The van der Waals surface area contributed by atoms with Crippen molar-refractivity contribution in [3.05, 3.63) is 59.7 Å². The van der Waals surface area contributed by atoms with E-state index >= 15 is 0 Å². The molecule has 0 radical (unpaired) electrons. The molecule has 2 atom stereocenters. The number of nitrogens with zero attached hydrogens (tertiary/aromatic N) is 1. The van der Waals surface area contributed by atoms with Gasteiger partial charge < -0.3 is 24.8 Å². The van der Waals surface area contributed by atoms with Crippen LogP contribution >= 0.6 is 24.0 Å². The normalized spacial score (nSPS) is 20.2. The van der Waals surface area contributed by atoms with Gasteiger partial charge >= 0.3 is 0 Å². The van der Waals surface area contributed by atoms with Gasteiger partial charge in [0.25, 0.3) is 0 Å². The molecule has 1 fully saturated rings. The third-order valence-corrected chi connectivity index (χ3v) is 5.07. The van der Waals surface area contributed by atoms with Crippen LogP contribution < -0.4 is 20.1 Å². The molecule has 156 valence electrons. The SMILES string of the molecule is CCNC(=NCc1ccc2c(c1)OCO2)NCC1CCOC1c1ccccc1.I. The topological polar surface area (TPSA) is 64.1 Å². The van der Waals surface area contributed by atoms with Gasteiger partial charge in [-0.25, -0.2) is 4.99 Å². The van der Waals surface area contributed by atoms with Crippen LogP contribution in [0.3, 0.4) is 0 Å². The van der Waals surface area contributed by atoms with Gasteiger partial charge in [0.2, 0.25) is 6.79 Å². The standard InChI is InChI=1S/C22H27N3O3.HI/c1-2-23-22(24-13-16-8-9-19-20(12-16)28-15-27-19)25-14-18-10-11-26-21(18)17-6-4-3-5-7-17;/h3-9,12,18,21H,2,10-11,13-15H2,1H3,(H2,23,24,25);1H. The summed E-state index contributed by atoms with van der Waals surface area (Å²) >= 11 is 0. The van der Waals surface area contributed by atoms with Crippen LogP contribution in [0.1, 0.15) is 30.6 Å². The van der Waals surface area contributed by atoms with Crippen molar-refractivity contribution in [2.45, 2.75) is 26.0 Å². The monoisotopic (exact) mass is 509 g/mol. The summed E-state index contributed by atoms with van der Waals surface area (Å²) in [7, 11) is 0. The third-order valence-electron chi connectivity index (χ3n) is 5.07. The fourth-order valence-corrected chi connectivity index (χ4v) is 3.63. The van der Waals surface area contributed by atoms with E-state index in [4.69, 9.17) is 19.2 Å². The predicted molar refractivity (Wildman–Crippen MR) is 124 cm³/mol. The number of benzene rings is 2. The fraction of sp³-hybridized carbons (Fsp3) is 0.409. The molecule has 0 amide bonds. The molecule has 0 aliphatic carbocycles. The Morgan fingerprint density at radius 2 is 1.90 bits per heavy atom. The number of nitrogens with one attached hydrogen (secondary N) is 2. The van der Waals surface area contributed by atoms with E-state index in [-0.39, 0.29) is 36.9 Å². The van der Waals surface area contributed by atoms with Gasteiger partial charge in [-0.15, -0.1) is 24.0 Å². The van der Waals surface area contributed by atoms with E-state index in [1.807, 2.05) is 24.3 Å². The van der Waals surface area contributed by atoms with Crippen LogP contribution in [0.15, 0.2) is 53.5 Å². The zero-order valence-electron chi connectivity index (χ0n) is 16.6. The van der Waals surface area contributed by atoms with Crippen molar-refractivity contribution in [3.8, 4) is 11.5 Å². The van der Waals surface area contributed by atoms with Crippen LogP contribution in [0.4, 0.5) is 0 Å². The van der Waals surface area contributed by atoms with Crippen LogP contribution in [-0.4, -0.2) is 32.4 Å². The zero-order valence-corrected chi connectivity index (χ0v) is 18.9. The molecular formula is C22H28IN3O3. The van der Waals surface area contributed by atoms with Gasteiger partial charge in [-0.2, -0.15) is 0 Å². The van der Waals surface area contributed by atoms with E-state index in [0.29, 0.717) is 12.5 Å². The first kappa shape index (κ1) is 21.7. The Morgan fingerprint density at radius 1 is 1.07 bits per heavy atom. The minimum Gasteiger partial charge on any atom is -0.454 e. The predicted octanol–water partition coefficient (Wildman–Crippen LogP) is 3.87. The summed E-state index contributed by atoms with van der Waals surface area (Å²) in [6.07, 6.45) is 1.19. The summed E-state index contributed by atoms with van der Waals surface area (Å²) in [5, 5.41) is 6.81. The van der Waals surface area contributed by atoms with Crippen LogP contribution in [0.5, 0.6) is 11.5 Å². The second-order valence-corrected chi connectivity index (χ2v) is 7.01. The van der Waals surface area contributed by atoms with Crippen molar-refractivity contribution < 1.29 is 14.2 Å². The lowest BCUT2D eigenvalue weighted by Gasteiger charge is -2.20. The molecule has 6 nitrogen and oxygen atoms in total. The fourth-order valence-electron chi connectivity index (χ4n) is 3.63. The Kier molecular flexibility index (Phi) is 8.00. The van der Waals surface area contributed by atoms with Gasteiger partial charge in [-0.1, -0.05) is 36.4 Å². The highest BCUT2D eigenvalue weighted by Crippen LogP contribution is 2.34. The van der Waals surface area contributed by atoms with Gasteiger partial charge in [0.1, 0.15) is 0 Å². The summed E-state index contributed by atoms with van der Waals surface area (Å²) < 4.78 is 16.8. The van der Waals surface area contributed by atoms with Crippen molar-refractivity contribution in [1.82, 2.24) is 10.6 Å². The molecule has 0 saturated carbocycles. The lowest BCUT2D eigenvalue weighted by atomic mass is 9.95. The summed E-state index contributed by atoms with van der Waals surface area (Å²) in [5.74, 6) is 2.83. The van der Waals surface area contributed by atoms with E-state index in [2.05, 4.69) is 41.8 Å². The molecule has 2 aromatic rings. The second-order valence-electron chi connectivity index (χ2n) is 7.01. The maximum absolute atomic E-state index is 5.99. The zero-order chi connectivity index (χ0) is 19.2. The summed E-state index contributed by atoms with van der Waals surface area (Å²) in [6.45, 7) is 5.39. The van der Waals surface area contributed by atoms with Crippen molar-refractivity contribution >= 4 is 29.9 Å². The first-order chi connectivity index (χ1) is 13.8. The number of guanidine groups is 1. The summed E-state index contributed by atoms with van der Waals surface area (Å²) in [6, 6.07) is 16.4. The Bertz CT molecular complexity index is 816. The minimum absolute atomic E-state index is 0. The van der Waals surface area contributed by atoms with Gasteiger partial charge in [-0.05, 0) is 36.6 Å². The maximum Gasteiger partial charge on any atom is 0.231 e. The molecular weight excluding hydrogens is 481 g/mol. The Balaban J connectivity index is 0.00000240. The van der Waals surface area contributed by atoms with E-state index < -0.39 is 0 Å². The maximum atomic E-state index is 5.99. The Morgan fingerprint density at radius 3 is 2.72 bits per heavy atom. The van der Waals surface area contributed by atoms with E-state index in [0.717, 1.165) is 49.1 Å². The number of hydrogen-bond acceptors (Lipinski definition) is 4. The first-order valence-corrected chi connectivity index (χ1v) is 9.90. The summed E-state index contributed by atoms with van der Waals surface area (Å²) in [4.78, 5) is 4.73. The van der Waals surface area contributed by atoms with Crippen molar-refractivity contribution in [2.75, 3.05) is 26.5 Å². The molecule has 1 saturated heterocycles. The lowest BCUT2D eigenvalue weighted by Crippen LogP contribution is -2.40. The number of halogens is 1. The molecule has 0 aromatic heterocycles. The second kappa shape index (κ2) is 10.7. The molecule has 2 heterocycles. The van der Waals surface area contributed by atoms with Gasteiger partial charge in [0, 0.05) is 25.6 Å².